The van der Waals surface area contributed by atoms with E-state index in [9.17, 15) is 31.5 Å². The number of carbonyl (C=O) groups is 2. The molecule has 57 heavy (non-hydrogen) atoms. The van der Waals surface area contributed by atoms with Crippen molar-refractivity contribution >= 4 is 31.9 Å². The van der Waals surface area contributed by atoms with Crippen molar-refractivity contribution in [2.45, 2.75) is 90.1 Å². The lowest BCUT2D eigenvalue weighted by Gasteiger charge is -2.31. The highest BCUT2D eigenvalue weighted by Crippen LogP contribution is 2.17. The highest BCUT2D eigenvalue weighted by Gasteiger charge is 2.34. The van der Waals surface area contributed by atoms with Crippen molar-refractivity contribution in [1.29, 1.82) is 0 Å². The first kappa shape index (κ1) is 45.2. The van der Waals surface area contributed by atoms with Crippen molar-refractivity contribution in [2.24, 2.45) is 11.8 Å². The molecule has 0 bridgehead atoms. The summed E-state index contributed by atoms with van der Waals surface area (Å²) in [4.78, 5) is 36.2. The van der Waals surface area contributed by atoms with Crippen LogP contribution in [0.2, 0.25) is 0 Å². The van der Waals surface area contributed by atoms with E-state index in [0.29, 0.717) is 17.8 Å². The Morgan fingerprint density at radius 2 is 1.02 bits per heavy atom. The summed E-state index contributed by atoms with van der Waals surface area (Å²) in [5, 5.41) is 17.9. The maximum Gasteiger partial charge on any atom is 0.238 e. The van der Waals surface area contributed by atoms with E-state index in [4.69, 9.17) is 0 Å². The summed E-state index contributed by atoms with van der Waals surface area (Å²) in [7, 11) is -7.80. The molecule has 5 atom stereocenters. The minimum atomic E-state index is -3.91. The summed E-state index contributed by atoms with van der Waals surface area (Å²) in [6.07, 6.45) is 2.79. The van der Waals surface area contributed by atoms with Gasteiger partial charge < -0.3 is 15.7 Å². The summed E-state index contributed by atoms with van der Waals surface area (Å²) in [5.41, 5.74) is 2.91. The standard InChI is InChI=1S/C42H56N6O7S2/c1-30(2)39(47-56(52,53)25-21-34-19-11-13-23-43-34)41(50)45-36(27-32-15-7-5-8-16-32)29-38(49)37(28-33-17-9-6-10-18-33)46-42(51)40(31(3)4)48-57(54,55)26-22-35-20-12-14-24-44-35/h5-20,23-24,30-31,36-40,47-49H,21-22,25-29H2,1-4H3,(H,45,50)(H,46,51)/t36-,37-,38-,39-,40-/m0/s1. The van der Waals surface area contributed by atoms with E-state index < -0.39 is 74.0 Å². The zero-order valence-electron chi connectivity index (χ0n) is 33.0. The van der Waals surface area contributed by atoms with Crippen LogP contribution in [-0.2, 0) is 55.3 Å². The molecule has 15 heteroatoms. The third-order valence-electron chi connectivity index (χ3n) is 9.51. The zero-order valence-corrected chi connectivity index (χ0v) is 34.6. The maximum atomic E-state index is 13.9. The first-order valence-electron chi connectivity index (χ1n) is 19.3. The molecule has 2 aromatic heterocycles. The van der Waals surface area contributed by atoms with Gasteiger partial charge in [0.25, 0.3) is 0 Å². The van der Waals surface area contributed by atoms with Crippen LogP contribution in [0.15, 0.2) is 109 Å². The number of nitrogens with zero attached hydrogens (tertiary/aromatic N) is 2. The van der Waals surface area contributed by atoms with Gasteiger partial charge in [0, 0.05) is 42.7 Å². The SMILES string of the molecule is CC(C)[C@H](NS(=O)(=O)CCc1ccccn1)C(=O)N[C@@H](Cc1ccccc1)C[C@H](O)[C@H](Cc1ccccc1)NC(=O)[C@@H](NS(=O)(=O)CCc1ccccn1)C(C)C. The summed E-state index contributed by atoms with van der Waals surface area (Å²) in [5.74, 6) is -2.53. The molecule has 0 radical (unpaired) electrons. The van der Waals surface area contributed by atoms with Crippen molar-refractivity contribution in [1.82, 2.24) is 30.0 Å². The van der Waals surface area contributed by atoms with E-state index in [2.05, 4.69) is 30.0 Å². The predicted octanol–water partition coefficient (Wildman–Crippen LogP) is 3.36. The molecule has 0 saturated carbocycles. The van der Waals surface area contributed by atoms with Crippen LogP contribution >= 0.6 is 0 Å². The second-order valence-electron chi connectivity index (χ2n) is 15.0. The van der Waals surface area contributed by atoms with Crippen molar-refractivity contribution in [3.8, 4) is 0 Å². The van der Waals surface area contributed by atoms with Gasteiger partial charge in [-0.3, -0.25) is 19.6 Å². The van der Waals surface area contributed by atoms with Gasteiger partial charge in [0.2, 0.25) is 31.9 Å². The average Bonchev–Trinajstić information content (AvgIpc) is 3.18. The summed E-state index contributed by atoms with van der Waals surface area (Å²) in [6, 6.07) is 25.3. The van der Waals surface area contributed by atoms with Crippen LogP contribution < -0.4 is 20.1 Å². The van der Waals surface area contributed by atoms with Gasteiger partial charge in [-0.1, -0.05) is 100 Å². The Kier molecular flexibility index (Phi) is 17.3. The van der Waals surface area contributed by atoms with Crippen molar-refractivity contribution in [3.63, 3.8) is 0 Å². The Balaban J connectivity index is 1.53. The monoisotopic (exact) mass is 820 g/mol. The van der Waals surface area contributed by atoms with Gasteiger partial charge in [-0.15, -0.1) is 0 Å². The lowest BCUT2D eigenvalue weighted by molar-refractivity contribution is -0.126. The third kappa shape index (κ3) is 15.7. The molecule has 2 heterocycles. The van der Waals surface area contributed by atoms with Crippen molar-refractivity contribution < 1.29 is 31.5 Å². The van der Waals surface area contributed by atoms with E-state index in [1.165, 1.54) is 0 Å². The Morgan fingerprint density at radius 1 is 0.596 bits per heavy atom. The number of benzene rings is 2. The van der Waals surface area contributed by atoms with Crippen LogP contribution in [-0.4, -0.2) is 85.5 Å². The molecule has 2 amide bonds. The summed E-state index contributed by atoms with van der Waals surface area (Å²) in [6.45, 7) is 6.96. The number of amides is 2. The molecular weight excluding hydrogens is 765 g/mol. The number of pyridine rings is 2. The second kappa shape index (κ2) is 21.8. The molecule has 0 fully saturated rings. The van der Waals surface area contributed by atoms with Crippen molar-refractivity contribution in [2.75, 3.05) is 11.5 Å². The smallest absolute Gasteiger partial charge is 0.238 e. The van der Waals surface area contributed by atoms with Crippen LogP contribution in [0.3, 0.4) is 0 Å². The fraction of sp³-hybridized carbons (Fsp3) is 0.429. The van der Waals surface area contributed by atoms with Crippen molar-refractivity contribution in [3.05, 3.63) is 132 Å². The molecule has 0 aliphatic carbocycles. The minimum Gasteiger partial charge on any atom is -0.391 e. The Bertz CT molecular complexity index is 2040. The molecule has 0 aliphatic rings. The molecule has 13 nitrogen and oxygen atoms in total. The Labute approximate surface area is 337 Å². The minimum absolute atomic E-state index is 0.0161. The van der Waals surface area contributed by atoms with Gasteiger partial charge in [-0.25, -0.2) is 26.3 Å². The number of hydrogen-bond acceptors (Lipinski definition) is 9. The molecule has 2 aromatic carbocycles. The fourth-order valence-corrected chi connectivity index (χ4v) is 9.05. The third-order valence-corrected chi connectivity index (χ3v) is 12.2. The van der Waals surface area contributed by atoms with Crippen LogP contribution in [0.1, 0.15) is 56.6 Å². The van der Waals surface area contributed by atoms with Gasteiger partial charge in [0.15, 0.2) is 0 Å². The van der Waals surface area contributed by atoms with Crippen LogP contribution in [0.5, 0.6) is 0 Å². The van der Waals surface area contributed by atoms with E-state index in [1.54, 1.807) is 76.5 Å². The number of aromatic nitrogens is 2. The number of hydrogen-bond donors (Lipinski definition) is 5. The second-order valence-corrected chi connectivity index (χ2v) is 18.7. The molecule has 308 valence electrons. The lowest BCUT2D eigenvalue weighted by atomic mass is 9.92. The summed E-state index contributed by atoms with van der Waals surface area (Å²) >= 11 is 0. The van der Waals surface area contributed by atoms with E-state index in [0.717, 1.165) is 11.1 Å². The number of nitrogens with one attached hydrogen (secondary N) is 4. The number of rotatable bonds is 23. The average molecular weight is 821 g/mol. The number of aryl methyl sites for hydroxylation is 2. The Hall–Kier alpha value is -4.54. The quantitative estimate of drug-likeness (QED) is 0.0746. The highest BCUT2D eigenvalue weighted by molar-refractivity contribution is 7.89. The first-order chi connectivity index (χ1) is 27.1. The zero-order chi connectivity index (χ0) is 41.4. The molecule has 4 rings (SSSR count). The predicted molar refractivity (Wildman–Crippen MR) is 222 cm³/mol. The van der Waals surface area contributed by atoms with Crippen LogP contribution in [0.4, 0.5) is 0 Å². The number of carbonyl (C=O) groups excluding carboxylic acids is 2. The number of aliphatic hydroxyl groups excluding tert-OH is 1. The summed E-state index contributed by atoms with van der Waals surface area (Å²) < 4.78 is 57.9. The van der Waals surface area contributed by atoms with Gasteiger partial charge in [0.05, 0.1) is 23.7 Å². The highest BCUT2D eigenvalue weighted by atomic mass is 32.2. The first-order valence-corrected chi connectivity index (χ1v) is 22.6. The molecule has 0 aliphatic heterocycles. The molecule has 0 spiro atoms. The fourth-order valence-electron chi connectivity index (χ4n) is 6.32. The maximum absolute atomic E-state index is 13.9. The van der Waals surface area contributed by atoms with Crippen LogP contribution in [0, 0.1) is 11.8 Å². The molecule has 5 N–H and O–H groups in total. The largest absolute Gasteiger partial charge is 0.391 e. The van der Waals surface area contributed by atoms with Gasteiger partial charge in [-0.05, 0) is 66.5 Å². The topological polar surface area (TPSA) is 197 Å². The molecule has 4 aromatic rings. The van der Waals surface area contributed by atoms with Gasteiger partial charge in [-0.2, -0.15) is 0 Å². The molecular formula is C42H56N6O7S2. The molecule has 0 saturated heterocycles. The molecule has 0 unspecified atom stereocenters. The Morgan fingerprint density at radius 3 is 1.44 bits per heavy atom. The van der Waals surface area contributed by atoms with Crippen LogP contribution in [0.25, 0.3) is 0 Å². The van der Waals surface area contributed by atoms with E-state index in [-0.39, 0.29) is 37.2 Å². The van der Waals surface area contributed by atoms with E-state index >= 15 is 0 Å². The van der Waals surface area contributed by atoms with Gasteiger partial charge >= 0.3 is 0 Å². The number of aliphatic hydroxyl groups is 1. The van der Waals surface area contributed by atoms with E-state index in [1.807, 2.05) is 60.7 Å². The van der Waals surface area contributed by atoms with Gasteiger partial charge in [0.1, 0.15) is 12.1 Å². The lowest BCUT2D eigenvalue weighted by Crippen LogP contribution is -2.57. The normalized spacial score (nSPS) is 14.7. The number of sulfonamides is 2.